The lowest BCUT2D eigenvalue weighted by Gasteiger charge is -2.07. The molecule has 0 aliphatic rings. The number of nitrogens with zero attached hydrogens (tertiary/aromatic N) is 5. The first-order chi connectivity index (χ1) is 9.78. The van der Waals surface area contributed by atoms with Crippen molar-refractivity contribution in [1.29, 1.82) is 0 Å². The molecule has 0 amide bonds. The van der Waals surface area contributed by atoms with E-state index in [4.69, 9.17) is 5.73 Å². The van der Waals surface area contributed by atoms with E-state index in [1.54, 1.807) is 23.1 Å². The number of hydrogen-bond donors (Lipinski definition) is 2. The number of aryl methyl sites for hydroxylation is 1. The van der Waals surface area contributed by atoms with Gasteiger partial charge in [-0.05, 0) is 6.92 Å². The summed E-state index contributed by atoms with van der Waals surface area (Å²) in [6.07, 6.45) is 4.96. The van der Waals surface area contributed by atoms with E-state index in [0.29, 0.717) is 13.1 Å². The van der Waals surface area contributed by atoms with E-state index >= 15 is 0 Å². The molecule has 0 aliphatic carbocycles. The molecule has 0 saturated heterocycles. The Morgan fingerprint density at radius 1 is 1.25 bits per heavy atom. The molecular formula is C13H15N7. The Morgan fingerprint density at radius 2 is 2.15 bits per heavy atom. The maximum atomic E-state index is 5.53. The zero-order valence-electron chi connectivity index (χ0n) is 11.1. The fraction of sp³-hybridized carbons (Fsp3) is 0.231. The van der Waals surface area contributed by atoms with Crippen molar-refractivity contribution in [1.82, 2.24) is 24.6 Å². The van der Waals surface area contributed by atoms with Crippen LogP contribution in [0.25, 0.3) is 17.0 Å². The average molecular weight is 269 g/mol. The van der Waals surface area contributed by atoms with Crippen LogP contribution in [0.2, 0.25) is 0 Å². The van der Waals surface area contributed by atoms with Gasteiger partial charge in [0.15, 0.2) is 5.65 Å². The standard InChI is InChI=1S/C13H15N7/c1-9-6-12(17-3-2-14)20-13(18-9)7-10(19-20)11-8-15-4-5-16-11/h4-8,17H,2-3,14H2,1H3. The van der Waals surface area contributed by atoms with Crippen LogP contribution in [0.4, 0.5) is 5.82 Å². The van der Waals surface area contributed by atoms with Crippen molar-refractivity contribution in [2.45, 2.75) is 6.92 Å². The first-order valence-corrected chi connectivity index (χ1v) is 6.35. The number of anilines is 1. The summed E-state index contributed by atoms with van der Waals surface area (Å²) in [7, 11) is 0. The Kier molecular flexibility index (Phi) is 3.26. The minimum Gasteiger partial charge on any atom is -0.369 e. The Hall–Kier alpha value is -2.54. The van der Waals surface area contributed by atoms with Crippen LogP contribution in [-0.4, -0.2) is 37.7 Å². The Labute approximate surface area is 115 Å². The molecule has 7 nitrogen and oxygen atoms in total. The molecule has 0 spiro atoms. The number of fused-ring (bicyclic) bond motifs is 1. The van der Waals surface area contributed by atoms with Gasteiger partial charge in [-0.1, -0.05) is 0 Å². The lowest BCUT2D eigenvalue weighted by atomic mass is 10.3. The summed E-state index contributed by atoms with van der Waals surface area (Å²) in [5.41, 5.74) is 8.68. The fourth-order valence-electron chi connectivity index (χ4n) is 1.98. The highest BCUT2D eigenvalue weighted by Gasteiger charge is 2.10. The van der Waals surface area contributed by atoms with Crippen LogP contribution in [0.5, 0.6) is 0 Å². The minimum absolute atomic E-state index is 0.557. The highest BCUT2D eigenvalue weighted by atomic mass is 15.3. The minimum atomic E-state index is 0.557. The SMILES string of the molecule is Cc1cc(NCCN)n2nc(-c3cnccn3)cc2n1. The molecule has 7 heteroatoms. The quantitative estimate of drug-likeness (QED) is 0.729. The second kappa shape index (κ2) is 5.22. The Balaban J connectivity index is 2.10. The van der Waals surface area contributed by atoms with Gasteiger partial charge in [0, 0.05) is 43.3 Å². The third-order valence-electron chi connectivity index (χ3n) is 2.83. The second-order valence-corrected chi connectivity index (χ2v) is 4.39. The number of nitrogens with two attached hydrogens (primary N) is 1. The van der Waals surface area contributed by atoms with Crippen LogP contribution in [0, 0.1) is 6.92 Å². The molecule has 0 saturated carbocycles. The lowest BCUT2D eigenvalue weighted by molar-refractivity contribution is 0.909. The summed E-state index contributed by atoms with van der Waals surface area (Å²) in [6.45, 7) is 3.18. The molecule has 0 radical (unpaired) electrons. The first-order valence-electron chi connectivity index (χ1n) is 6.35. The van der Waals surface area contributed by atoms with Crippen molar-refractivity contribution in [3.63, 3.8) is 0 Å². The molecule has 0 atom stereocenters. The summed E-state index contributed by atoms with van der Waals surface area (Å²) < 4.78 is 1.76. The van der Waals surface area contributed by atoms with Crippen LogP contribution >= 0.6 is 0 Å². The van der Waals surface area contributed by atoms with Crippen molar-refractivity contribution in [3.05, 3.63) is 36.4 Å². The monoisotopic (exact) mass is 269 g/mol. The smallest absolute Gasteiger partial charge is 0.158 e. The van der Waals surface area contributed by atoms with Crippen molar-refractivity contribution in [2.75, 3.05) is 18.4 Å². The van der Waals surface area contributed by atoms with E-state index in [2.05, 4.69) is 25.4 Å². The van der Waals surface area contributed by atoms with Crippen molar-refractivity contribution >= 4 is 11.5 Å². The molecule has 3 rings (SSSR count). The molecule has 3 aromatic heterocycles. The van der Waals surface area contributed by atoms with Gasteiger partial charge in [-0.15, -0.1) is 0 Å². The first kappa shape index (κ1) is 12.5. The fourth-order valence-corrected chi connectivity index (χ4v) is 1.98. The number of aromatic nitrogens is 5. The summed E-state index contributed by atoms with van der Waals surface area (Å²) in [5, 5.41) is 7.77. The molecule has 0 unspecified atom stereocenters. The highest BCUT2D eigenvalue weighted by Crippen LogP contribution is 2.19. The second-order valence-electron chi connectivity index (χ2n) is 4.39. The maximum Gasteiger partial charge on any atom is 0.158 e. The van der Waals surface area contributed by atoms with E-state index in [1.807, 2.05) is 19.1 Å². The Morgan fingerprint density at radius 3 is 2.90 bits per heavy atom. The van der Waals surface area contributed by atoms with E-state index in [-0.39, 0.29) is 0 Å². The van der Waals surface area contributed by atoms with E-state index in [1.165, 1.54) is 0 Å². The van der Waals surface area contributed by atoms with Gasteiger partial charge in [-0.2, -0.15) is 9.61 Å². The number of nitrogens with one attached hydrogen (secondary N) is 1. The van der Waals surface area contributed by atoms with Gasteiger partial charge >= 0.3 is 0 Å². The van der Waals surface area contributed by atoms with Crippen LogP contribution in [-0.2, 0) is 0 Å². The van der Waals surface area contributed by atoms with Gasteiger partial charge in [0.1, 0.15) is 17.2 Å². The third kappa shape index (κ3) is 2.30. The van der Waals surface area contributed by atoms with Crippen molar-refractivity contribution in [3.8, 4) is 11.4 Å². The molecular weight excluding hydrogens is 254 g/mol. The molecule has 102 valence electrons. The maximum absolute atomic E-state index is 5.53. The average Bonchev–Trinajstić information content (AvgIpc) is 2.89. The Bertz CT molecular complexity index is 720. The number of hydrogen-bond acceptors (Lipinski definition) is 6. The van der Waals surface area contributed by atoms with Crippen LogP contribution in [0.3, 0.4) is 0 Å². The number of rotatable bonds is 4. The summed E-state index contributed by atoms with van der Waals surface area (Å²) in [5.74, 6) is 0.869. The van der Waals surface area contributed by atoms with Crippen molar-refractivity contribution in [2.24, 2.45) is 5.73 Å². The summed E-state index contributed by atoms with van der Waals surface area (Å²) in [4.78, 5) is 12.8. The topological polar surface area (TPSA) is 94.0 Å². The van der Waals surface area contributed by atoms with E-state index < -0.39 is 0 Å². The van der Waals surface area contributed by atoms with Gasteiger partial charge in [0.05, 0.1) is 6.20 Å². The van der Waals surface area contributed by atoms with Crippen LogP contribution in [0.15, 0.2) is 30.7 Å². The largest absolute Gasteiger partial charge is 0.369 e. The van der Waals surface area contributed by atoms with Gasteiger partial charge in [0.2, 0.25) is 0 Å². The van der Waals surface area contributed by atoms with Gasteiger partial charge in [0.25, 0.3) is 0 Å². The molecule has 0 bridgehead atoms. The van der Waals surface area contributed by atoms with Gasteiger partial charge < -0.3 is 11.1 Å². The molecule has 3 aromatic rings. The molecule has 0 aromatic carbocycles. The predicted octanol–water partition coefficient (Wildman–Crippen LogP) is 0.865. The zero-order valence-corrected chi connectivity index (χ0v) is 11.1. The summed E-state index contributed by atoms with van der Waals surface area (Å²) >= 11 is 0. The normalized spacial score (nSPS) is 10.9. The van der Waals surface area contributed by atoms with Crippen LogP contribution < -0.4 is 11.1 Å². The third-order valence-corrected chi connectivity index (χ3v) is 2.83. The molecule has 3 N–H and O–H groups in total. The lowest BCUT2D eigenvalue weighted by Crippen LogP contribution is -2.15. The van der Waals surface area contributed by atoms with Crippen molar-refractivity contribution < 1.29 is 0 Å². The predicted molar refractivity (Wildman–Crippen MR) is 76.3 cm³/mol. The van der Waals surface area contributed by atoms with Gasteiger partial charge in [-0.25, -0.2) is 4.98 Å². The zero-order chi connectivity index (χ0) is 13.9. The summed E-state index contributed by atoms with van der Waals surface area (Å²) in [6, 6.07) is 3.83. The van der Waals surface area contributed by atoms with Gasteiger partial charge in [-0.3, -0.25) is 9.97 Å². The van der Waals surface area contributed by atoms with E-state index in [0.717, 1.165) is 28.5 Å². The highest BCUT2D eigenvalue weighted by molar-refractivity contribution is 5.62. The molecule has 20 heavy (non-hydrogen) atoms. The molecule has 3 heterocycles. The van der Waals surface area contributed by atoms with E-state index in [9.17, 15) is 0 Å². The molecule has 0 fully saturated rings. The molecule has 0 aliphatic heterocycles. The van der Waals surface area contributed by atoms with Crippen LogP contribution in [0.1, 0.15) is 5.69 Å².